The summed E-state index contributed by atoms with van der Waals surface area (Å²) in [6, 6.07) is 13.0. The van der Waals surface area contributed by atoms with Gasteiger partial charge in [0.2, 0.25) is 0 Å². The number of rotatable bonds is 9. The monoisotopic (exact) mass is 387 g/mol. The fourth-order valence-corrected chi connectivity index (χ4v) is 3.31. The first kappa shape index (κ1) is 19.2. The summed E-state index contributed by atoms with van der Waals surface area (Å²) in [7, 11) is 1.65. The average molecular weight is 387 g/mol. The second-order valence-corrected chi connectivity index (χ2v) is 7.08. The van der Waals surface area contributed by atoms with Crippen LogP contribution in [0.15, 0.2) is 52.3 Å². The second kappa shape index (κ2) is 9.40. The third-order valence-electron chi connectivity index (χ3n) is 4.25. The van der Waals surface area contributed by atoms with Crippen LogP contribution in [0.25, 0.3) is 10.8 Å². The Balaban J connectivity index is 1.68. The lowest BCUT2D eigenvalue weighted by Gasteiger charge is -2.23. The Labute approximate surface area is 162 Å². The summed E-state index contributed by atoms with van der Waals surface area (Å²) in [5.74, 6) is 0.946. The molecule has 27 heavy (non-hydrogen) atoms. The predicted octanol–water partition coefficient (Wildman–Crippen LogP) is 1.86. The quantitative estimate of drug-likeness (QED) is 0.586. The van der Waals surface area contributed by atoms with Crippen molar-refractivity contribution >= 4 is 22.9 Å². The zero-order valence-corrected chi connectivity index (χ0v) is 16.2. The van der Waals surface area contributed by atoms with Gasteiger partial charge in [0.05, 0.1) is 11.5 Å². The molecule has 0 radical (unpaired) electrons. The smallest absolute Gasteiger partial charge is 0.282 e. The Morgan fingerprint density at radius 3 is 2.78 bits per heavy atom. The number of ether oxygens (including phenoxy) is 1. The molecule has 3 aromatic rings. The minimum absolute atomic E-state index is 0.0645. The van der Waals surface area contributed by atoms with Gasteiger partial charge in [-0.1, -0.05) is 24.3 Å². The highest BCUT2D eigenvalue weighted by molar-refractivity contribution is 7.13. The van der Waals surface area contributed by atoms with E-state index in [1.54, 1.807) is 18.4 Å². The van der Waals surface area contributed by atoms with Gasteiger partial charge in [-0.25, -0.2) is 0 Å². The van der Waals surface area contributed by atoms with Gasteiger partial charge in [0.1, 0.15) is 6.54 Å². The molecule has 0 saturated carbocycles. The third-order valence-corrected chi connectivity index (χ3v) is 5.11. The van der Waals surface area contributed by atoms with E-state index in [1.165, 1.54) is 0 Å². The second-order valence-electron chi connectivity index (χ2n) is 6.13. The Bertz CT molecular complexity index is 836. The number of nitrogens with zero attached hydrogens (tertiary/aromatic N) is 2. The first-order valence-electron chi connectivity index (χ1n) is 8.73. The Morgan fingerprint density at radius 1 is 1.26 bits per heavy atom. The standard InChI is InChI=1S/C19H22N4O3S/c1-14(18(24)20-15-7-4-3-5-8-15)23(10-11-25-2)13-17-21-22-19(26-17)16-9-6-12-27-16/h3-9,12,14H,10-11,13H2,1-2H3,(H,20,24)/p+1/t14-/m0/s1. The molecule has 0 aliphatic rings. The average Bonchev–Trinajstić information content (AvgIpc) is 3.37. The highest BCUT2D eigenvalue weighted by atomic mass is 32.1. The number of methoxy groups -OCH3 is 1. The van der Waals surface area contributed by atoms with Crippen molar-refractivity contribution in [3.05, 3.63) is 53.7 Å². The summed E-state index contributed by atoms with van der Waals surface area (Å²) in [6.07, 6.45) is 0. The van der Waals surface area contributed by atoms with Crippen molar-refractivity contribution < 1.29 is 18.8 Å². The number of hydrogen-bond donors (Lipinski definition) is 2. The number of thiophene rings is 1. The van der Waals surface area contributed by atoms with Crippen LogP contribution in [0, 0.1) is 0 Å². The molecule has 0 aliphatic carbocycles. The number of anilines is 1. The first-order valence-corrected chi connectivity index (χ1v) is 9.61. The van der Waals surface area contributed by atoms with Gasteiger partial charge in [0, 0.05) is 12.8 Å². The summed E-state index contributed by atoms with van der Waals surface area (Å²) >= 11 is 1.55. The summed E-state index contributed by atoms with van der Waals surface area (Å²) in [6.45, 7) is 3.52. The molecule has 7 nitrogen and oxygen atoms in total. The molecule has 2 N–H and O–H groups in total. The zero-order chi connectivity index (χ0) is 19.1. The maximum Gasteiger partial charge on any atom is 0.282 e. The van der Waals surface area contributed by atoms with Gasteiger partial charge < -0.3 is 19.4 Å². The number of hydrogen-bond acceptors (Lipinski definition) is 6. The minimum Gasteiger partial charge on any atom is -0.414 e. The van der Waals surface area contributed by atoms with Crippen LogP contribution in [0.3, 0.4) is 0 Å². The number of quaternary nitrogens is 1. The molecule has 1 unspecified atom stereocenters. The Hall–Kier alpha value is -2.55. The maximum atomic E-state index is 12.7. The molecular weight excluding hydrogens is 364 g/mol. The largest absolute Gasteiger partial charge is 0.414 e. The lowest BCUT2D eigenvalue weighted by atomic mass is 10.2. The molecular formula is C19H23N4O3S+. The van der Waals surface area contributed by atoms with Crippen molar-refractivity contribution in [1.29, 1.82) is 0 Å². The van der Waals surface area contributed by atoms with Crippen LogP contribution in [-0.4, -0.2) is 42.4 Å². The SMILES string of the molecule is COCC[NH+](Cc1nnc(-c2cccs2)o1)[C@@H](C)C(=O)Nc1ccccc1. The summed E-state index contributed by atoms with van der Waals surface area (Å²) in [4.78, 5) is 14.6. The molecule has 2 atom stereocenters. The molecule has 2 heterocycles. The Morgan fingerprint density at radius 2 is 2.07 bits per heavy atom. The van der Waals surface area contributed by atoms with Gasteiger partial charge in [-0.2, -0.15) is 0 Å². The van der Waals surface area contributed by atoms with Crippen LogP contribution in [0.1, 0.15) is 12.8 Å². The first-order chi connectivity index (χ1) is 13.2. The maximum absolute atomic E-state index is 12.7. The van der Waals surface area contributed by atoms with Crippen LogP contribution in [0.4, 0.5) is 5.69 Å². The Kier molecular flexibility index (Phi) is 6.69. The van der Waals surface area contributed by atoms with E-state index in [9.17, 15) is 4.79 Å². The van der Waals surface area contributed by atoms with E-state index in [0.717, 1.165) is 15.5 Å². The molecule has 2 aromatic heterocycles. The highest BCUT2D eigenvalue weighted by Crippen LogP contribution is 2.22. The van der Waals surface area contributed by atoms with E-state index < -0.39 is 0 Å². The van der Waals surface area contributed by atoms with Gasteiger partial charge in [-0.3, -0.25) is 4.79 Å². The van der Waals surface area contributed by atoms with Crippen molar-refractivity contribution in [2.45, 2.75) is 19.5 Å². The zero-order valence-electron chi connectivity index (χ0n) is 15.3. The molecule has 0 aliphatic heterocycles. The third kappa shape index (κ3) is 5.22. The van der Waals surface area contributed by atoms with Gasteiger partial charge >= 0.3 is 0 Å². The number of para-hydroxylation sites is 1. The number of carbonyl (C=O) groups is 1. The van der Waals surface area contributed by atoms with E-state index >= 15 is 0 Å². The van der Waals surface area contributed by atoms with Crippen molar-refractivity contribution in [2.75, 3.05) is 25.6 Å². The summed E-state index contributed by atoms with van der Waals surface area (Å²) in [5, 5.41) is 13.2. The molecule has 142 valence electrons. The van der Waals surface area contributed by atoms with Crippen LogP contribution in [0.2, 0.25) is 0 Å². The van der Waals surface area contributed by atoms with Gasteiger partial charge in [0.15, 0.2) is 12.6 Å². The van der Waals surface area contributed by atoms with E-state index in [4.69, 9.17) is 9.15 Å². The van der Waals surface area contributed by atoms with Crippen LogP contribution >= 0.6 is 11.3 Å². The van der Waals surface area contributed by atoms with Crippen molar-refractivity contribution in [3.8, 4) is 10.8 Å². The van der Waals surface area contributed by atoms with E-state index in [2.05, 4.69) is 15.5 Å². The highest BCUT2D eigenvalue weighted by Gasteiger charge is 2.27. The minimum atomic E-state index is -0.308. The topological polar surface area (TPSA) is 81.7 Å². The normalized spacial score (nSPS) is 13.3. The lowest BCUT2D eigenvalue weighted by molar-refractivity contribution is -0.929. The van der Waals surface area contributed by atoms with Gasteiger partial charge in [0.25, 0.3) is 17.7 Å². The van der Waals surface area contributed by atoms with Gasteiger partial charge in [-0.05, 0) is 30.5 Å². The number of benzene rings is 1. The number of nitrogens with one attached hydrogen (secondary N) is 2. The molecule has 1 aromatic carbocycles. The van der Waals surface area contributed by atoms with E-state index in [0.29, 0.717) is 31.5 Å². The summed E-state index contributed by atoms with van der Waals surface area (Å²) < 4.78 is 11.0. The number of carbonyl (C=O) groups excluding carboxylic acids is 1. The van der Waals surface area contributed by atoms with Crippen molar-refractivity contribution in [3.63, 3.8) is 0 Å². The van der Waals surface area contributed by atoms with Crippen LogP contribution < -0.4 is 10.2 Å². The molecule has 3 rings (SSSR count). The van der Waals surface area contributed by atoms with Gasteiger partial charge in [-0.15, -0.1) is 21.5 Å². The predicted molar refractivity (Wildman–Crippen MR) is 104 cm³/mol. The molecule has 1 amide bonds. The molecule has 0 spiro atoms. The number of aromatic nitrogens is 2. The molecule has 0 bridgehead atoms. The molecule has 0 fully saturated rings. The van der Waals surface area contributed by atoms with Crippen molar-refractivity contribution in [1.82, 2.24) is 10.2 Å². The number of amides is 1. The van der Waals surface area contributed by atoms with Crippen LogP contribution in [-0.2, 0) is 16.1 Å². The van der Waals surface area contributed by atoms with Crippen molar-refractivity contribution in [2.24, 2.45) is 0 Å². The van der Waals surface area contributed by atoms with E-state index in [-0.39, 0.29) is 11.9 Å². The van der Waals surface area contributed by atoms with E-state index in [1.807, 2.05) is 54.8 Å². The lowest BCUT2D eigenvalue weighted by Crippen LogP contribution is -3.15. The van der Waals surface area contributed by atoms with Crippen LogP contribution in [0.5, 0.6) is 0 Å². The molecule has 0 saturated heterocycles. The fraction of sp³-hybridized carbons (Fsp3) is 0.316. The molecule has 8 heteroatoms. The fourth-order valence-electron chi connectivity index (χ4n) is 2.67. The summed E-state index contributed by atoms with van der Waals surface area (Å²) in [5.41, 5.74) is 0.776.